The minimum Gasteiger partial charge on any atom is -0.394 e. The Balaban J connectivity index is 1.37. The summed E-state index contributed by atoms with van der Waals surface area (Å²) in [6.07, 6.45) is -31.5. The highest BCUT2D eigenvalue weighted by Gasteiger charge is 2.52. The van der Waals surface area contributed by atoms with Crippen LogP contribution in [-0.4, -0.2) is 229 Å². The highest BCUT2D eigenvalue weighted by Crippen LogP contribution is 2.31. The van der Waals surface area contributed by atoms with Gasteiger partial charge < -0.3 is 110 Å². The van der Waals surface area contributed by atoms with E-state index in [0.717, 1.165) is 12.8 Å². The normalized spacial score (nSPS) is 48.1. The van der Waals surface area contributed by atoms with Crippen LogP contribution in [0.15, 0.2) is 0 Å². The largest absolute Gasteiger partial charge is 0.394 e. The van der Waals surface area contributed by atoms with Crippen molar-refractivity contribution in [2.75, 3.05) is 39.6 Å². The number of nitrogens with two attached hydrogens (primary N) is 1. The predicted octanol–water partition coefficient (Wildman–Crippen LogP) is -8.60. The molecule has 0 aromatic rings. The number of aliphatic hydroxyl groups excluding tert-OH is 13. The molecule has 22 nitrogen and oxygen atoms in total. The van der Waals surface area contributed by atoms with Crippen LogP contribution in [0.3, 0.4) is 0 Å². The summed E-state index contributed by atoms with van der Waals surface area (Å²) < 4.78 is 44.0. The topological polar surface area (TPSA) is 363 Å². The lowest BCUT2D eigenvalue weighted by Gasteiger charge is -2.46. The van der Waals surface area contributed by atoms with Crippen LogP contribution in [0.5, 0.6) is 0 Å². The molecule has 4 aliphatic rings. The van der Waals surface area contributed by atoms with Gasteiger partial charge in [-0.15, -0.1) is 0 Å². The second kappa shape index (κ2) is 19.6. The molecule has 0 aliphatic carbocycles. The maximum Gasteiger partial charge on any atom is 0.187 e. The molecule has 4 saturated heterocycles. The van der Waals surface area contributed by atoms with Crippen molar-refractivity contribution in [3.63, 3.8) is 0 Å². The number of hydrogen-bond donors (Lipinski definition) is 14. The summed E-state index contributed by atoms with van der Waals surface area (Å²) in [7, 11) is 0. The molecule has 4 rings (SSSR count). The molecule has 300 valence electrons. The summed E-state index contributed by atoms with van der Waals surface area (Å²) in [5.74, 6) is 0. The first kappa shape index (κ1) is 42.9. The van der Waals surface area contributed by atoms with E-state index in [9.17, 15) is 66.4 Å². The maximum absolute atomic E-state index is 10.9. The van der Waals surface area contributed by atoms with Gasteiger partial charge in [0.15, 0.2) is 25.2 Å². The molecule has 0 radical (unpaired) electrons. The van der Waals surface area contributed by atoms with Gasteiger partial charge in [0.25, 0.3) is 0 Å². The van der Waals surface area contributed by atoms with E-state index in [-0.39, 0.29) is 6.61 Å². The monoisotopic (exact) mass is 751 g/mol. The summed E-state index contributed by atoms with van der Waals surface area (Å²) in [6, 6.07) is 0. The fourth-order valence-electron chi connectivity index (χ4n) is 6.07. The molecular formula is C29H53NO21. The van der Waals surface area contributed by atoms with Crippen molar-refractivity contribution in [2.24, 2.45) is 5.73 Å². The molecule has 0 unspecified atom stereocenters. The molecular weight excluding hydrogens is 698 g/mol. The van der Waals surface area contributed by atoms with Crippen LogP contribution in [-0.2, 0) is 37.9 Å². The van der Waals surface area contributed by atoms with E-state index < -0.39 is 149 Å². The van der Waals surface area contributed by atoms with Gasteiger partial charge in [0.2, 0.25) is 0 Å². The Bertz CT molecular complexity index is 1020. The van der Waals surface area contributed by atoms with Crippen molar-refractivity contribution in [3.8, 4) is 0 Å². The molecule has 51 heavy (non-hydrogen) atoms. The number of aliphatic hydroxyl groups is 13. The van der Waals surface area contributed by atoms with Crippen molar-refractivity contribution in [2.45, 2.75) is 142 Å². The fraction of sp³-hybridized carbons (Fsp3) is 1.00. The van der Waals surface area contributed by atoms with Crippen molar-refractivity contribution in [3.05, 3.63) is 0 Å². The first-order chi connectivity index (χ1) is 24.2. The number of ether oxygens (including phenoxy) is 8. The van der Waals surface area contributed by atoms with Crippen LogP contribution < -0.4 is 5.73 Å². The van der Waals surface area contributed by atoms with Gasteiger partial charge in [-0.3, -0.25) is 0 Å². The SMILES string of the molecule is NCCCCCO[C@H]1O[C@H](CO)[C@@H](O)[C@H](O[C@H]2O[C@H](CO[C@H]3O[C@H](CO[C@H]4O[C@H](CO)[C@@H](O)[C@H](O)[C@@H]4O)[C@@H](O)[C@H](O)[C@@H]3O)[C@@H](O)[C@H](O)[C@@H]2O)[C@@H]1O. The van der Waals surface area contributed by atoms with E-state index in [2.05, 4.69) is 0 Å². The lowest BCUT2D eigenvalue weighted by Crippen LogP contribution is -2.65. The van der Waals surface area contributed by atoms with Crippen LogP contribution in [0.4, 0.5) is 0 Å². The molecule has 4 heterocycles. The molecule has 4 aliphatic heterocycles. The quantitative estimate of drug-likeness (QED) is 0.0651. The zero-order valence-corrected chi connectivity index (χ0v) is 27.6. The lowest BCUT2D eigenvalue weighted by molar-refractivity contribution is -0.367. The third-order valence-electron chi connectivity index (χ3n) is 9.28. The number of unbranched alkanes of at least 4 members (excludes halogenated alkanes) is 2. The summed E-state index contributed by atoms with van der Waals surface area (Å²) in [5.41, 5.74) is 5.48. The third kappa shape index (κ3) is 10.1. The molecule has 0 amide bonds. The second-order valence-electron chi connectivity index (χ2n) is 12.9. The minimum absolute atomic E-state index is 0.136. The molecule has 22 heteroatoms. The Morgan fingerprint density at radius 1 is 0.412 bits per heavy atom. The Hall–Kier alpha value is -0.880. The summed E-state index contributed by atoms with van der Waals surface area (Å²) in [5, 5.41) is 134. The maximum atomic E-state index is 10.9. The van der Waals surface area contributed by atoms with Crippen molar-refractivity contribution < 1.29 is 104 Å². The van der Waals surface area contributed by atoms with Crippen LogP contribution in [0, 0.1) is 0 Å². The predicted molar refractivity (Wildman–Crippen MR) is 161 cm³/mol. The van der Waals surface area contributed by atoms with Gasteiger partial charge in [-0.25, -0.2) is 0 Å². The van der Waals surface area contributed by atoms with Crippen molar-refractivity contribution >= 4 is 0 Å². The van der Waals surface area contributed by atoms with Crippen LogP contribution in [0.25, 0.3) is 0 Å². The summed E-state index contributed by atoms with van der Waals surface area (Å²) in [6.45, 7) is -2.16. The Kier molecular flexibility index (Phi) is 16.5. The fourth-order valence-corrected chi connectivity index (χ4v) is 6.07. The van der Waals surface area contributed by atoms with E-state index in [1.54, 1.807) is 0 Å². The van der Waals surface area contributed by atoms with Crippen LogP contribution >= 0.6 is 0 Å². The van der Waals surface area contributed by atoms with Gasteiger partial charge >= 0.3 is 0 Å². The highest BCUT2D eigenvalue weighted by molar-refractivity contribution is 4.95. The Labute approximate surface area is 292 Å². The Morgan fingerprint density at radius 3 is 1.31 bits per heavy atom. The summed E-state index contributed by atoms with van der Waals surface area (Å²) >= 11 is 0. The molecule has 20 atom stereocenters. The number of hydrogen-bond acceptors (Lipinski definition) is 22. The zero-order valence-electron chi connectivity index (χ0n) is 27.6. The first-order valence-corrected chi connectivity index (χ1v) is 16.8. The highest BCUT2D eigenvalue weighted by atomic mass is 16.8. The second-order valence-corrected chi connectivity index (χ2v) is 12.9. The van der Waals surface area contributed by atoms with Gasteiger partial charge in [-0.1, -0.05) is 0 Å². The standard InChI is InChI=1S/C29H53NO21/c30-4-2-1-3-5-44-28-24(43)25(17(36)11(7-32)48-28)51-29-23(42)20(39)16(35)13(50-29)9-46-27-22(41)19(38)15(34)12(49-27)8-45-26-21(40)18(37)14(33)10(6-31)47-26/h10-29,31-43H,1-9,30H2/t10-,11-,12-,13-,14-,15-,16-,17-,18+,19+,20+,21+,22+,23+,24+,25+,26+,27+,28+,29-/m1/s1. The molecule has 0 aromatic heterocycles. The Morgan fingerprint density at radius 2 is 0.824 bits per heavy atom. The molecule has 0 bridgehead atoms. The van der Waals surface area contributed by atoms with Crippen LogP contribution in [0.2, 0.25) is 0 Å². The molecule has 0 aromatic carbocycles. The van der Waals surface area contributed by atoms with Gasteiger partial charge in [0, 0.05) is 6.61 Å². The molecule has 0 saturated carbocycles. The molecule has 15 N–H and O–H groups in total. The first-order valence-electron chi connectivity index (χ1n) is 16.8. The van der Waals surface area contributed by atoms with Crippen molar-refractivity contribution in [1.82, 2.24) is 0 Å². The minimum atomic E-state index is -1.93. The van der Waals surface area contributed by atoms with E-state index in [4.69, 9.17) is 43.6 Å². The average molecular weight is 752 g/mol. The summed E-state index contributed by atoms with van der Waals surface area (Å²) in [4.78, 5) is 0. The zero-order chi connectivity index (χ0) is 37.6. The van der Waals surface area contributed by atoms with Crippen LogP contribution in [0.1, 0.15) is 19.3 Å². The lowest BCUT2D eigenvalue weighted by atomic mass is 9.96. The molecule has 0 spiro atoms. The average Bonchev–Trinajstić information content (AvgIpc) is 3.12. The number of rotatable bonds is 16. The van der Waals surface area contributed by atoms with Gasteiger partial charge in [0.05, 0.1) is 26.4 Å². The van der Waals surface area contributed by atoms with E-state index in [0.29, 0.717) is 13.0 Å². The van der Waals surface area contributed by atoms with E-state index in [1.807, 2.05) is 0 Å². The van der Waals surface area contributed by atoms with E-state index >= 15 is 0 Å². The van der Waals surface area contributed by atoms with Gasteiger partial charge in [-0.05, 0) is 25.8 Å². The van der Waals surface area contributed by atoms with Gasteiger partial charge in [-0.2, -0.15) is 0 Å². The van der Waals surface area contributed by atoms with E-state index in [1.165, 1.54) is 0 Å². The van der Waals surface area contributed by atoms with Gasteiger partial charge in [0.1, 0.15) is 97.7 Å². The molecule has 4 fully saturated rings. The smallest absolute Gasteiger partial charge is 0.187 e. The third-order valence-corrected chi connectivity index (χ3v) is 9.28. The van der Waals surface area contributed by atoms with Crippen molar-refractivity contribution in [1.29, 1.82) is 0 Å².